The monoisotopic (exact) mass is 237 g/mol. The fourth-order valence-corrected chi connectivity index (χ4v) is 1.54. The van der Waals surface area contributed by atoms with Gasteiger partial charge in [-0.1, -0.05) is 6.07 Å². The lowest BCUT2D eigenvalue weighted by Crippen LogP contribution is -2.40. The minimum absolute atomic E-state index is 0.0582. The molecule has 2 aromatic rings. The van der Waals surface area contributed by atoms with Gasteiger partial charge in [0.05, 0.1) is 5.69 Å². The Morgan fingerprint density at radius 1 is 1.44 bits per heavy atom. The van der Waals surface area contributed by atoms with Crippen LogP contribution in [0.25, 0.3) is 5.65 Å². The van der Waals surface area contributed by atoms with Gasteiger partial charge in [0.15, 0.2) is 0 Å². The minimum Gasteiger partial charge on any atom is -0.307 e. The highest BCUT2D eigenvalue weighted by atomic mass is 35.5. The Morgan fingerprint density at radius 2 is 2.25 bits per heavy atom. The van der Waals surface area contributed by atoms with Gasteiger partial charge in [0.25, 0.3) is 0 Å². The molecule has 0 saturated heterocycles. The van der Waals surface area contributed by atoms with Gasteiger partial charge in [0.1, 0.15) is 5.65 Å². The molecule has 0 amide bonds. The van der Waals surface area contributed by atoms with Crippen molar-refractivity contribution in [1.29, 1.82) is 0 Å². The molecule has 16 heavy (non-hydrogen) atoms. The smallest absolute Gasteiger partial charge is 0.137 e. The zero-order chi connectivity index (χ0) is 11.6. The predicted molar refractivity (Wildman–Crippen MR) is 66.8 cm³/mol. The van der Waals surface area contributed by atoms with Gasteiger partial charge in [0, 0.05) is 30.4 Å². The quantitative estimate of drug-likeness (QED) is 0.828. The van der Waals surface area contributed by atoms with Gasteiger partial charge >= 0.3 is 0 Å². The van der Waals surface area contributed by atoms with Crippen LogP contribution >= 0.6 is 11.6 Å². The van der Waals surface area contributed by atoms with Gasteiger partial charge in [-0.25, -0.2) is 4.98 Å². The average molecular weight is 238 g/mol. The molecule has 2 rings (SSSR count). The third kappa shape index (κ3) is 2.54. The maximum absolute atomic E-state index is 5.85. The predicted octanol–water partition coefficient (Wildman–Crippen LogP) is 2.44. The van der Waals surface area contributed by atoms with Crippen molar-refractivity contribution in [2.45, 2.75) is 25.9 Å². The average Bonchev–Trinajstić information content (AvgIpc) is 2.69. The zero-order valence-electron chi connectivity index (χ0n) is 9.57. The third-order valence-corrected chi connectivity index (χ3v) is 3.16. The number of nitrogens with zero attached hydrogens (tertiary/aromatic N) is 2. The standard InChI is InChI=1S/C12H16ClN3/c1-12(2,9-13)14-7-10-8-16-6-4-3-5-11(16)15-10/h3-6,8,14H,7,9H2,1-2H3. The second-order valence-electron chi connectivity index (χ2n) is 4.57. The molecule has 0 radical (unpaired) electrons. The van der Waals surface area contributed by atoms with Gasteiger partial charge in [-0.2, -0.15) is 0 Å². The summed E-state index contributed by atoms with van der Waals surface area (Å²) in [5.41, 5.74) is 1.95. The summed E-state index contributed by atoms with van der Waals surface area (Å²) in [7, 11) is 0. The van der Waals surface area contributed by atoms with Crippen molar-refractivity contribution in [1.82, 2.24) is 14.7 Å². The Morgan fingerprint density at radius 3 is 2.94 bits per heavy atom. The highest BCUT2D eigenvalue weighted by Crippen LogP contribution is 2.08. The Hall–Kier alpha value is -1.06. The highest BCUT2D eigenvalue weighted by molar-refractivity contribution is 6.18. The van der Waals surface area contributed by atoms with E-state index in [9.17, 15) is 0 Å². The Kier molecular flexibility index (Phi) is 3.17. The van der Waals surface area contributed by atoms with Gasteiger partial charge < -0.3 is 9.72 Å². The van der Waals surface area contributed by atoms with Crippen LogP contribution in [0.1, 0.15) is 19.5 Å². The van der Waals surface area contributed by atoms with Crippen LogP contribution in [0.15, 0.2) is 30.6 Å². The first kappa shape index (κ1) is 11.4. The first-order valence-electron chi connectivity index (χ1n) is 5.34. The van der Waals surface area contributed by atoms with Crippen LogP contribution in [-0.2, 0) is 6.54 Å². The lowest BCUT2D eigenvalue weighted by Gasteiger charge is -2.22. The zero-order valence-corrected chi connectivity index (χ0v) is 10.3. The fraction of sp³-hybridized carbons (Fsp3) is 0.417. The first-order valence-corrected chi connectivity index (χ1v) is 5.88. The van der Waals surface area contributed by atoms with Crippen molar-refractivity contribution in [3.63, 3.8) is 0 Å². The molecule has 2 heterocycles. The molecule has 0 atom stereocenters. The summed E-state index contributed by atoms with van der Waals surface area (Å²) in [6.45, 7) is 4.90. The normalized spacial score (nSPS) is 12.2. The van der Waals surface area contributed by atoms with Crippen molar-refractivity contribution < 1.29 is 0 Å². The SMILES string of the molecule is CC(C)(CCl)NCc1cn2ccccc2n1. The number of pyridine rings is 1. The Bertz CT molecular complexity index is 443. The molecule has 0 aliphatic rings. The minimum atomic E-state index is -0.0582. The van der Waals surface area contributed by atoms with E-state index in [1.807, 2.05) is 35.0 Å². The summed E-state index contributed by atoms with van der Waals surface area (Å²) >= 11 is 5.85. The molecule has 1 N–H and O–H groups in total. The lowest BCUT2D eigenvalue weighted by molar-refractivity contribution is 0.427. The van der Waals surface area contributed by atoms with E-state index in [0.29, 0.717) is 5.88 Å². The van der Waals surface area contributed by atoms with Crippen LogP contribution in [0.4, 0.5) is 0 Å². The van der Waals surface area contributed by atoms with E-state index >= 15 is 0 Å². The maximum Gasteiger partial charge on any atom is 0.137 e. The van der Waals surface area contributed by atoms with E-state index in [0.717, 1.165) is 17.9 Å². The molecule has 86 valence electrons. The van der Waals surface area contributed by atoms with Gasteiger partial charge in [0.2, 0.25) is 0 Å². The Balaban J connectivity index is 2.10. The third-order valence-electron chi connectivity index (χ3n) is 2.50. The van der Waals surface area contributed by atoms with E-state index in [4.69, 9.17) is 11.6 Å². The van der Waals surface area contributed by atoms with E-state index < -0.39 is 0 Å². The number of fused-ring (bicyclic) bond motifs is 1. The number of imidazole rings is 1. The summed E-state index contributed by atoms with van der Waals surface area (Å²) in [5, 5.41) is 3.38. The molecule has 2 aromatic heterocycles. The molecular formula is C12H16ClN3. The summed E-state index contributed by atoms with van der Waals surface area (Å²) in [6.07, 6.45) is 4.03. The molecule has 3 nitrogen and oxygen atoms in total. The van der Waals surface area contributed by atoms with E-state index in [1.165, 1.54) is 0 Å². The van der Waals surface area contributed by atoms with Gasteiger partial charge in [-0.3, -0.25) is 0 Å². The summed E-state index contributed by atoms with van der Waals surface area (Å²) < 4.78 is 2.02. The van der Waals surface area contributed by atoms with Crippen LogP contribution in [0.3, 0.4) is 0 Å². The Labute approximate surface area is 100 Å². The number of halogens is 1. The molecule has 0 saturated carbocycles. The molecule has 0 aliphatic heterocycles. The number of aromatic nitrogens is 2. The van der Waals surface area contributed by atoms with Crippen molar-refractivity contribution in [3.8, 4) is 0 Å². The first-order chi connectivity index (χ1) is 7.61. The van der Waals surface area contributed by atoms with Gasteiger partial charge in [-0.15, -0.1) is 11.6 Å². The number of nitrogens with one attached hydrogen (secondary N) is 1. The van der Waals surface area contributed by atoms with E-state index in [-0.39, 0.29) is 5.54 Å². The summed E-state index contributed by atoms with van der Waals surface area (Å²) in [5.74, 6) is 0.584. The molecule has 0 aliphatic carbocycles. The van der Waals surface area contributed by atoms with Crippen molar-refractivity contribution >= 4 is 17.2 Å². The summed E-state index contributed by atoms with van der Waals surface area (Å²) in [4.78, 5) is 4.51. The number of alkyl halides is 1. The number of rotatable bonds is 4. The molecular weight excluding hydrogens is 222 g/mol. The number of hydrogen-bond donors (Lipinski definition) is 1. The van der Waals surface area contributed by atoms with Gasteiger partial charge in [-0.05, 0) is 26.0 Å². The molecule has 0 spiro atoms. The van der Waals surface area contributed by atoms with Crippen LogP contribution in [0.2, 0.25) is 0 Å². The highest BCUT2D eigenvalue weighted by Gasteiger charge is 2.15. The van der Waals surface area contributed by atoms with Crippen LogP contribution < -0.4 is 5.32 Å². The van der Waals surface area contributed by atoms with Crippen molar-refractivity contribution in [2.24, 2.45) is 0 Å². The molecule has 4 heteroatoms. The molecule has 0 fully saturated rings. The topological polar surface area (TPSA) is 29.3 Å². The second kappa shape index (κ2) is 4.44. The van der Waals surface area contributed by atoms with Crippen LogP contribution in [-0.4, -0.2) is 20.8 Å². The van der Waals surface area contributed by atoms with Crippen LogP contribution in [0.5, 0.6) is 0 Å². The second-order valence-corrected chi connectivity index (χ2v) is 4.84. The fourth-order valence-electron chi connectivity index (χ4n) is 1.45. The summed E-state index contributed by atoms with van der Waals surface area (Å²) in [6, 6.07) is 5.98. The molecule has 0 aromatic carbocycles. The molecule has 0 unspecified atom stereocenters. The molecule has 0 bridgehead atoms. The maximum atomic E-state index is 5.85. The lowest BCUT2D eigenvalue weighted by atomic mass is 10.1. The van der Waals surface area contributed by atoms with Crippen LogP contribution in [0, 0.1) is 0 Å². The van der Waals surface area contributed by atoms with E-state index in [1.54, 1.807) is 0 Å². The van der Waals surface area contributed by atoms with Crippen molar-refractivity contribution in [3.05, 3.63) is 36.3 Å². The van der Waals surface area contributed by atoms with E-state index in [2.05, 4.69) is 24.1 Å². The largest absolute Gasteiger partial charge is 0.307 e. The van der Waals surface area contributed by atoms with Crippen molar-refractivity contribution in [2.75, 3.05) is 5.88 Å². The number of hydrogen-bond acceptors (Lipinski definition) is 2.